The number of benzene rings is 2. The molecule has 1 amide bonds. The Hall–Kier alpha value is -3.42. The lowest BCUT2D eigenvalue weighted by Gasteiger charge is -2.43. The van der Waals surface area contributed by atoms with Gasteiger partial charge in [-0.1, -0.05) is 37.5 Å². The molecule has 8 nitrogen and oxygen atoms in total. The number of aromatic nitrogens is 4. The number of rotatable bonds is 4. The molecular weight excluding hydrogens is 382 g/mol. The summed E-state index contributed by atoms with van der Waals surface area (Å²) in [4.78, 5) is 15.2. The maximum Gasteiger partial charge on any atom is 0.254 e. The minimum Gasteiger partial charge on any atom is -0.454 e. The normalized spacial score (nSPS) is 17.0. The molecule has 1 aliphatic heterocycles. The molecule has 0 radical (unpaired) electrons. The average Bonchev–Trinajstić information content (AvgIpc) is 3.48. The third-order valence-electron chi connectivity index (χ3n) is 6.13. The fourth-order valence-electron chi connectivity index (χ4n) is 4.48. The molecule has 0 bridgehead atoms. The van der Waals surface area contributed by atoms with E-state index in [1.54, 1.807) is 4.68 Å². The third kappa shape index (κ3) is 2.99. The van der Waals surface area contributed by atoms with Crippen LogP contribution in [0.5, 0.6) is 11.5 Å². The predicted molar refractivity (Wildman–Crippen MR) is 109 cm³/mol. The van der Waals surface area contributed by atoms with Gasteiger partial charge in [-0.05, 0) is 47.5 Å². The lowest BCUT2D eigenvalue weighted by Crippen LogP contribution is -2.50. The zero-order valence-corrected chi connectivity index (χ0v) is 16.8. The fraction of sp³-hybridized carbons (Fsp3) is 0.364. The van der Waals surface area contributed by atoms with E-state index in [1.807, 2.05) is 60.5 Å². The number of tetrazole rings is 1. The molecule has 1 fully saturated rings. The third-order valence-corrected chi connectivity index (χ3v) is 6.13. The Kier molecular flexibility index (Phi) is 4.61. The summed E-state index contributed by atoms with van der Waals surface area (Å²) in [5.74, 6) is 2.02. The zero-order valence-electron chi connectivity index (χ0n) is 16.8. The molecule has 3 aromatic rings. The first-order chi connectivity index (χ1) is 14.7. The number of hydrogen-bond donors (Lipinski definition) is 0. The molecule has 8 heteroatoms. The van der Waals surface area contributed by atoms with Gasteiger partial charge in [-0.25, -0.2) is 0 Å². The first kappa shape index (κ1) is 18.6. The second-order valence-electron chi connectivity index (χ2n) is 7.77. The quantitative estimate of drug-likeness (QED) is 0.662. The Morgan fingerprint density at radius 1 is 1.03 bits per heavy atom. The van der Waals surface area contributed by atoms with Gasteiger partial charge in [0.1, 0.15) is 5.54 Å². The molecule has 1 aromatic heterocycles. The van der Waals surface area contributed by atoms with Crippen LogP contribution >= 0.6 is 0 Å². The molecular formula is C22H23N5O3. The van der Waals surface area contributed by atoms with Crippen LogP contribution < -0.4 is 9.47 Å². The number of ether oxygens (including phenoxy) is 2. The van der Waals surface area contributed by atoms with Crippen molar-refractivity contribution in [1.82, 2.24) is 25.1 Å². The van der Waals surface area contributed by atoms with Gasteiger partial charge in [0.2, 0.25) is 6.79 Å². The number of hydrogen-bond acceptors (Lipinski definition) is 6. The van der Waals surface area contributed by atoms with Gasteiger partial charge in [0.05, 0.1) is 5.69 Å². The minimum absolute atomic E-state index is 0.0299. The highest BCUT2D eigenvalue weighted by Crippen LogP contribution is 2.42. The largest absolute Gasteiger partial charge is 0.454 e. The summed E-state index contributed by atoms with van der Waals surface area (Å²) in [5, 5.41) is 12.7. The van der Waals surface area contributed by atoms with Crippen molar-refractivity contribution in [2.45, 2.75) is 37.6 Å². The maximum absolute atomic E-state index is 13.4. The smallest absolute Gasteiger partial charge is 0.254 e. The number of carbonyl (C=O) groups is 1. The topological polar surface area (TPSA) is 82.4 Å². The van der Waals surface area contributed by atoms with E-state index in [0.29, 0.717) is 22.9 Å². The predicted octanol–water partition coefficient (Wildman–Crippen LogP) is 3.32. The van der Waals surface area contributed by atoms with Crippen molar-refractivity contribution in [1.29, 1.82) is 0 Å². The van der Waals surface area contributed by atoms with Crippen molar-refractivity contribution in [2.75, 3.05) is 13.8 Å². The Bertz CT molecular complexity index is 1060. The second kappa shape index (κ2) is 7.44. The van der Waals surface area contributed by atoms with Crippen molar-refractivity contribution in [3.8, 4) is 17.2 Å². The second-order valence-corrected chi connectivity index (χ2v) is 7.77. The molecule has 0 N–H and O–H groups in total. The molecule has 1 saturated carbocycles. The molecule has 154 valence electrons. The molecule has 0 atom stereocenters. The molecule has 30 heavy (non-hydrogen) atoms. The van der Waals surface area contributed by atoms with E-state index >= 15 is 0 Å². The molecule has 5 rings (SSSR count). The Labute approximate surface area is 174 Å². The first-order valence-electron chi connectivity index (χ1n) is 10.2. The van der Waals surface area contributed by atoms with Crippen molar-refractivity contribution < 1.29 is 14.3 Å². The van der Waals surface area contributed by atoms with Crippen molar-refractivity contribution >= 4 is 5.91 Å². The van der Waals surface area contributed by atoms with Gasteiger partial charge in [-0.15, -0.1) is 5.10 Å². The van der Waals surface area contributed by atoms with Crippen molar-refractivity contribution in [3.63, 3.8) is 0 Å². The summed E-state index contributed by atoms with van der Waals surface area (Å²) < 4.78 is 12.7. The van der Waals surface area contributed by atoms with Crippen LogP contribution in [0.4, 0.5) is 0 Å². The van der Waals surface area contributed by atoms with E-state index in [2.05, 4.69) is 15.5 Å². The fourth-order valence-corrected chi connectivity index (χ4v) is 4.48. The summed E-state index contributed by atoms with van der Waals surface area (Å²) in [7, 11) is 1.86. The summed E-state index contributed by atoms with van der Waals surface area (Å²) in [6.07, 6.45) is 4.79. The van der Waals surface area contributed by atoms with Gasteiger partial charge in [-0.2, -0.15) is 4.68 Å². The molecule has 0 spiro atoms. The van der Waals surface area contributed by atoms with Crippen molar-refractivity contribution in [3.05, 3.63) is 59.9 Å². The van der Waals surface area contributed by atoms with Gasteiger partial charge in [-0.3, -0.25) is 4.79 Å². The first-order valence-corrected chi connectivity index (χ1v) is 10.2. The summed E-state index contributed by atoms with van der Waals surface area (Å²) >= 11 is 0. The van der Waals surface area contributed by atoms with E-state index in [4.69, 9.17) is 9.47 Å². The molecule has 2 aromatic carbocycles. The highest BCUT2D eigenvalue weighted by atomic mass is 16.7. The van der Waals surface area contributed by atoms with Gasteiger partial charge < -0.3 is 14.4 Å². The molecule has 0 saturated heterocycles. The minimum atomic E-state index is -0.578. The number of nitrogens with zero attached hydrogens (tertiary/aromatic N) is 5. The number of amides is 1. The lowest BCUT2D eigenvalue weighted by molar-refractivity contribution is 0.0386. The van der Waals surface area contributed by atoms with Crippen LogP contribution in [0, 0.1) is 0 Å². The zero-order chi connectivity index (χ0) is 20.6. The summed E-state index contributed by atoms with van der Waals surface area (Å²) in [6.45, 7) is 0.208. The molecule has 0 unspecified atom stereocenters. The Morgan fingerprint density at radius 3 is 2.60 bits per heavy atom. The van der Waals surface area contributed by atoms with Gasteiger partial charge in [0.25, 0.3) is 5.91 Å². The average molecular weight is 405 g/mol. The van der Waals surface area contributed by atoms with Crippen LogP contribution in [0.15, 0.2) is 48.5 Å². The Morgan fingerprint density at radius 2 is 1.80 bits per heavy atom. The van der Waals surface area contributed by atoms with Crippen LogP contribution in [-0.2, 0) is 5.54 Å². The van der Waals surface area contributed by atoms with Gasteiger partial charge >= 0.3 is 0 Å². The molecule has 2 aliphatic rings. The van der Waals surface area contributed by atoms with E-state index < -0.39 is 5.54 Å². The monoisotopic (exact) mass is 405 g/mol. The molecule has 1 aliphatic carbocycles. The van der Waals surface area contributed by atoms with Crippen LogP contribution in [-0.4, -0.2) is 44.9 Å². The Balaban J connectivity index is 1.57. The van der Waals surface area contributed by atoms with E-state index in [0.717, 1.165) is 37.8 Å². The van der Waals surface area contributed by atoms with Crippen molar-refractivity contribution in [2.24, 2.45) is 0 Å². The summed E-state index contributed by atoms with van der Waals surface area (Å²) in [6, 6.07) is 15.0. The maximum atomic E-state index is 13.4. The van der Waals surface area contributed by atoms with Crippen LogP contribution in [0.1, 0.15) is 48.3 Å². The van der Waals surface area contributed by atoms with Gasteiger partial charge in [0, 0.05) is 18.7 Å². The standard InChI is InChI=1S/C22H23N5O3/c1-26(20(28)16-8-4-2-5-9-16)22(12-6-3-7-13-22)21-23-24-25-27(21)17-10-11-18-19(14-17)30-15-29-18/h2,4-5,8-11,14H,3,6-7,12-13,15H2,1H3. The highest BCUT2D eigenvalue weighted by Gasteiger charge is 2.45. The molecule has 2 heterocycles. The van der Waals surface area contributed by atoms with E-state index in [9.17, 15) is 4.79 Å². The lowest BCUT2D eigenvalue weighted by atomic mass is 9.79. The van der Waals surface area contributed by atoms with Crippen LogP contribution in [0.25, 0.3) is 5.69 Å². The highest BCUT2D eigenvalue weighted by molar-refractivity contribution is 5.94. The number of carbonyl (C=O) groups excluding carboxylic acids is 1. The van der Waals surface area contributed by atoms with Crippen LogP contribution in [0.2, 0.25) is 0 Å². The SMILES string of the molecule is CN(C(=O)c1ccccc1)C1(c2nnnn2-c2ccc3c(c2)OCO3)CCCCC1. The number of fused-ring (bicyclic) bond motifs is 1. The van der Waals surface area contributed by atoms with Crippen LogP contribution in [0.3, 0.4) is 0 Å². The summed E-state index contributed by atoms with van der Waals surface area (Å²) in [5.41, 5.74) is 0.863. The van der Waals surface area contributed by atoms with E-state index in [1.165, 1.54) is 0 Å². The van der Waals surface area contributed by atoms with E-state index in [-0.39, 0.29) is 12.7 Å². The van der Waals surface area contributed by atoms with Gasteiger partial charge in [0.15, 0.2) is 17.3 Å².